The molecule has 0 unspecified atom stereocenters. The van der Waals surface area contributed by atoms with Gasteiger partial charge in [0.15, 0.2) is 0 Å². The van der Waals surface area contributed by atoms with Crippen LogP contribution in [0.25, 0.3) is 0 Å². The van der Waals surface area contributed by atoms with Crippen LogP contribution >= 0.6 is 23.5 Å². The van der Waals surface area contributed by atoms with Crippen molar-refractivity contribution in [2.24, 2.45) is 0 Å². The van der Waals surface area contributed by atoms with Gasteiger partial charge in [0.1, 0.15) is 11.3 Å². The van der Waals surface area contributed by atoms with Crippen molar-refractivity contribution in [3.05, 3.63) is 68.6 Å². The summed E-state index contributed by atoms with van der Waals surface area (Å²) in [7, 11) is 0. The van der Waals surface area contributed by atoms with Crippen molar-refractivity contribution < 1.29 is 9.59 Å². The predicted molar refractivity (Wildman–Crippen MR) is 132 cm³/mol. The molecule has 33 heavy (non-hydrogen) atoms. The number of nitrogens with zero attached hydrogens (tertiary/aromatic N) is 2. The van der Waals surface area contributed by atoms with E-state index in [2.05, 4.69) is 30.8 Å². The summed E-state index contributed by atoms with van der Waals surface area (Å²) in [5.74, 6) is -0.615. The normalized spacial score (nSPS) is 17.0. The van der Waals surface area contributed by atoms with E-state index in [-0.39, 0.29) is 28.3 Å². The molecule has 1 aliphatic heterocycles. The summed E-state index contributed by atoms with van der Waals surface area (Å²) in [6.45, 7) is 8.13. The number of rotatable bonds is 7. The Morgan fingerprint density at radius 2 is 1.79 bits per heavy atom. The van der Waals surface area contributed by atoms with Gasteiger partial charge in [0.05, 0.1) is 0 Å². The van der Waals surface area contributed by atoms with Gasteiger partial charge in [-0.15, -0.1) is 0 Å². The number of hydrogen-bond donors (Lipinski definition) is 2. The van der Waals surface area contributed by atoms with Gasteiger partial charge in [-0.25, -0.2) is 0 Å². The molecule has 1 fully saturated rings. The highest BCUT2D eigenvalue weighted by Gasteiger charge is 2.47. The number of nitrogens with one attached hydrogen (secondary N) is 2. The van der Waals surface area contributed by atoms with E-state index in [0.29, 0.717) is 30.4 Å². The monoisotopic (exact) mass is 488 g/mol. The van der Waals surface area contributed by atoms with Crippen LogP contribution in [0.3, 0.4) is 0 Å². The maximum atomic E-state index is 13.1. The maximum Gasteiger partial charge on any atom is 0.270 e. The van der Waals surface area contributed by atoms with Gasteiger partial charge in [-0.2, -0.15) is 0 Å². The minimum Gasteiger partial charge on any atom is -0.348 e. The number of hydrogen-bond acceptors (Lipinski definition) is 5. The highest BCUT2D eigenvalue weighted by Crippen LogP contribution is 2.48. The molecule has 7 nitrogen and oxygen atoms in total. The molecular weight excluding hydrogens is 460 g/mol. The Bertz CT molecular complexity index is 1120. The van der Waals surface area contributed by atoms with Gasteiger partial charge >= 0.3 is 0 Å². The first kappa shape index (κ1) is 23.9. The fourth-order valence-electron chi connectivity index (χ4n) is 3.72. The molecule has 2 heterocycles. The summed E-state index contributed by atoms with van der Waals surface area (Å²) >= 11 is 7.60. The van der Waals surface area contributed by atoms with Crippen LogP contribution in [-0.4, -0.2) is 44.7 Å². The number of amides is 2. The minimum absolute atomic E-state index is 0.00337. The first-order valence-electron chi connectivity index (χ1n) is 11.1. The summed E-state index contributed by atoms with van der Waals surface area (Å²) in [4.78, 5) is 40.6. The molecule has 0 bridgehead atoms. The van der Waals surface area contributed by atoms with E-state index in [9.17, 15) is 14.4 Å². The van der Waals surface area contributed by atoms with E-state index in [0.717, 1.165) is 18.4 Å². The van der Waals surface area contributed by atoms with Gasteiger partial charge < -0.3 is 14.8 Å². The third-order valence-corrected chi connectivity index (χ3v) is 7.68. The number of pyridine rings is 1. The van der Waals surface area contributed by atoms with E-state index in [4.69, 9.17) is 11.6 Å². The van der Waals surface area contributed by atoms with Crippen molar-refractivity contribution in [3.63, 3.8) is 0 Å². The van der Waals surface area contributed by atoms with Crippen molar-refractivity contribution in [1.29, 1.82) is 0 Å². The average molecular weight is 489 g/mol. The Kier molecular flexibility index (Phi) is 6.62. The summed E-state index contributed by atoms with van der Waals surface area (Å²) < 4.78 is 4.94. The van der Waals surface area contributed by atoms with Crippen molar-refractivity contribution in [2.75, 3.05) is 13.1 Å². The van der Waals surface area contributed by atoms with Gasteiger partial charge in [-0.1, -0.05) is 35.7 Å². The van der Waals surface area contributed by atoms with Crippen LogP contribution in [0, 0.1) is 0 Å². The molecule has 176 valence electrons. The quantitative estimate of drug-likeness (QED) is 0.583. The smallest absolute Gasteiger partial charge is 0.270 e. The fraction of sp³-hybridized carbons (Fsp3) is 0.458. The Morgan fingerprint density at radius 1 is 1.09 bits per heavy atom. The molecular formula is C24H29ClN4O3S. The number of aromatic nitrogens is 1. The second kappa shape index (κ2) is 9.16. The lowest BCUT2D eigenvalue weighted by Gasteiger charge is -2.33. The van der Waals surface area contributed by atoms with E-state index in [1.165, 1.54) is 10.6 Å². The van der Waals surface area contributed by atoms with E-state index in [1.807, 2.05) is 17.0 Å². The van der Waals surface area contributed by atoms with Crippen LogP contribution in [0.4, 0.5) is 0 Å². The standard InChI is InChI=1S/C24H29ClN4O3S/c1-23(2,3)27-33-24(10-11-24)15-28-12-13-29-19(22(28)32)9-8-18(21(29)31)20(30)26-14-16-4-6-17(25)7-5-16/h4-9,27H,10-15H2,1-3H3,(H,26,30). The summed E-state index contributed by atoms with van der Waals surface area (Å²) in [6.07, 6.45) is 2.12. The first-order valence-corrected chi connectivity index (χ1v) is 12.3. The van der Waals surface area contributed by atoms with Crippen LogP contribution < -0.4 is 15.6 Å². The van der Waals surface area contributed by atoms with Crippen molar-refractivity contribution in [3.8, 4) is 0 Å². The van der Waals surface area contributed by atoms with Gasteiger partial charge in [0.25, 0.3) is 17.4 Å². The highest BCUT2D eigenvalue weighted by atomic mass is 35.5. The minimum atomic E-state index is -0.457. The molecule has 2 aliphatic rings. The molecule has 0 saturated heterocycles. The predicted octanol–water partition coefficient (Wildman–Crippen LogP) is 3.46. The second-order valence-corrected chi connectivity index (χ2v) is 11.5. The molecule has 4 rings (SSSR count). The lowest BCUT2D eigenvalue weighted by molar-refractivity contribution is 0.0696. The zero-order valence-corrected chi connectivity index (χ0v) is 20.7. The third kappa shape index (κ3) is 5.62. The molecule has 2 N–H and O–H groups in total. The second-order valence-electron chi connectivity index (χ2n) is 9.76. The van der Waals surface area contributed by atoms with Gasteiger partial charge in [-0.05, 0) is 63.4 Å². The number of carbonyl (C=O) groups excluding carboxylic acids is 2. The largest absolute Gasteiger partial charge is 0.348 e. The summed E-state index contributed by atoms with van der Waals surface area (Å²) in [6, 6.07) is 10.2. The van der Waals surface area contributed by atoms with Crippen LogP contribution in [0.1, 0.15) is 60.0 Å². The van der Waals surface area contributed by atoms with Crippen molar-refractivity contribution in [2.45, 2.75) is 57.0 Å². The summed E-state index contributed by atoms with van der Waals surface area (Å²) in [5, 5.41) is 3.39. The molecule has 2 amide bonds. The zero-order valence-electron chi connectivity index (χ0n) is 19.1. The molecule has 1 aliphatic carbocycles. The first-order chi connectivity index (χ1) is 15.6. The Balaban J connectivity index is 1.43. The lowest BCUT2D eigenvalue weighted by atomic mass is 10.1. The number of benzene rings is 1. The molecule has 1 aromatic heterocycles. The van der Waals surface area contributed by atoms with Crippen molar-refractivity contribution in [1.82, 2.24) is 19.5 Å². The van der Waals surface area contributed by atoms with Crippen LogP contribution in [0.5, 0.6) is 0 Å². The van der Waals surface area contributed by atoms with Crippen molar-refractivity contribution >= 4 is 35.4 Å². The zero-order chi connectivity index (χ0) is 23.8. The van der Waals surface area contributed by atoms with E-state index < -0.39 is 11.5 Å². The van der Waals surface area contributed by atoms with Gasteiger partial charge in [0.2, 0.25) is 0 Å². The third-order valence-electron chi connectivity index (χ3n) is 5.75. The highest BCUT2D eigenvalue weighted by molar-refractivity contribution is 7.99. The molecule has 0 spiro atoms. The molecule has 9 heteroatoms. The molecule has 1 aromatic carbocycles. The number of fused-ring (bicyclic) bond motifs is 1. The lowest BCUT2D eigenvalue weighted by Crippen LogP contribution is -2.48. The van der Waals surface area contributed by atoms with E-state index >= 15 is 0 Å². The van der Waals surface area contributed by atoms with Crippen LogP contribution in [0.2, 0.25) is 5.02 Å². The molecule has 2 aromatic rings. The molecule has 0 atom stereocenters. The topological polar surface area (TPSA) is 83.4 Å². The Hall–Kier alpha value is -2.29. The molecule has 1 saturated carbocycles. The number of carbonyl (C=O) groups is 2. The van der Waals surface area contributed by atoms with Gasteiger partial charge in [-0.3, -0.25) is 19.1 Å². The Labute approximate surface area is 203 Å². The van der Waals surface area contributed by atoms with Crippen LogP contribution in [-0.2, 0) is 13.1 Å². The summed E-state index contributed by atoms with van der Waals surface area (Å²) in [5.41, 5.74) is 0.822. The SMILES string of the molecule is CC(C)(C)NSC1(CN2CCn3c(ccc(C(=O)NCc4ccc(Cl)cc4)c3=O)C2=O)CC1. The average Bonchev–Trinajstić information content (AvgIpc) is 3.53. The fourth-order valence-corrected chi connectivity index (χ4v) is 4.89. The van der Waals surface area contributed by atoms with Gasteiger partial charge in [0, 0.05) is 41.5 Å². The van der Waals surface area contributed by atoms with E-state index in [1.54, 1.807) is 30.1 Å². The Morgan fingerprint density at radius 3 is 2.42 bits per heavy atom. The van der Waals surface area contributed by atoms with Crippen LogP contribution in [0.15, 0.2) is 41.2 Å². The number of halogens is 1. The molecule has 0 radical (unpaired) electrons. The maximum absolute atomic E-state index is 13.1.